The summed E-state index contributed by atoms with van der Waals surface area (Å²) in [4.78, 5) is 0. The average Bonchev–Trinajstić information content (AvgIpc) is 2.79. The van der Waals surface area contributed by atoms with Crippen LogP contribution in [-0.4, -0.2) is 50.3 Å². The van der Waals surface area contributed by atoms with E-state index in [9.17, 15) is 5.11 Å². The van der Waals surface area contributed by atoms with E-state index in [-0.39, 0.29) is 18.3 Å². The molecule has 1 rings (SSSR count). The van der Waals surface area contributed by atoms with Gasteiger partial charge in [0.25, 0.3) is 0 Å². The minimum absolute atomic E-state index is 0.0180. The van der Waals surface area contributed by atoms with Crippen molar-refractivity contribution in [2.75, 3.05) is 26.9 Å². The molecule has 1 heterocycles. The van der Waals surface area contributed by atoms with E-state index in [0.717, 1.165) is 13.0 Å². The Morgan fingerprint density at radius 3 is 2.67 bits per heavy atom. The zero-order valence-corrected chi connectivity index (χ0v) is 11.8. The molecule has 0 spiro atoms. The number of aliphatic hydroxyl groups is 1. The summed E-state index contributed by atoms with van der Waals surface area (Å²) in [5.41, 5.74) is 0. The van der Waals surface area contributed by atoms with E-state index >= 15 is 0 Å². The third-order valence-electron chi connectivity index (χ3n) is 3.33. The predicted molar refractivity (Wildman–Crippen MR) is 70.7 cm³/mol. The Bertz CT molecular complexity index is 198. The molecule has 108 valence electrons. The highest BCUT2D eigenvalue weighted by Crippen LogP contribution is 2.19. The highest BCUT2D eigenvalue weighted by Gasteiger charge is 2.31. The third-order valence-corrected chi connectivity index (χ3v) is 3.33. The van der Waals surface area contributed by atoms with Crippen LogP contribution in [0.5, 0.6) is 0 Å². The van der Waals surface area contributed by atoms with Crippen molar-refractivity contribution >= 4 is 0 Å². The number of hydrogen-bond acceptors (Lipinski definition) is 4. The van der Waals surface area contributed by atoms with E-state index in [1.54, 1.807) is 7.11 Å². The second kappa shape index (κ2) is 9.73. The van der Waals surface area contributed by atoms with E-state index in [2.05, 4.69) is 6.92 Å². The van der Waals surface area contributed by atoms with Gasteiger partial charge in [-0.05, 0) is 6.42 Å². The van der Waals surface area contributed by atoms with Gasteiger partial charge in [-0.2, -0.15) is 0 Å². The maximum absolute atomic E-state index is 9.46. The Labute approximate surface area is 111 Å². The summed E-state index contributed by atoms with van der Waals surface area (Å²) in [6.07, 6.45) is 6.42. The van der Waals surface area contributed by atoms with E-state index in [4.69, 9.17) is 14.2 Å². The van der Waals surface area contributed by atoms with Crippen LogP contribution in [0, 0.1) is 0 Å². The molecule has 1 N–H and O–H groups in total. The van der Waals surface area contributed by atoms with Crippen molar-refractivity contribution in [1.29, 1.82) is 0 Å². The number of rotatable bonds is 10. The van der Waals surface area contributed by atoms with Crippen LogP contribution in [0.4, 0.5) is 0 Å². The van der Waals surface area contributed by atoms with Gasteiger partial charge in [-0.15, -0.1) is 0 Å². The highest BCUT2D eigenvalue weighted by atomic mass is 16.6. The highest BCUT2D eigenvalue weighted by molar-refractivity contribution is 4.79. The summed E-state index contributed by atoms with van der Waals surface area (Å²) in [5, 5.41) is 9.46. The lowest BCUT2D eigenvalue weighted by Crippen LogP contribution is -2.33. The van der Waals surface area contributed by atoms with Gasteiger partial charge in [0, 0.05) is 20.1 Å². The largest absolute Gasteiger partial charge is 0.391 e. The van der Waals surface area contributed by atoms with Crippen molar-refractivity contribution in [2.45, 2.75) is 63.8 Å². The molecule has 0 bridgehead atoms. The summed E-state index contributed by atoms with van der Waals surface area (Å²) in [6.45, 7) is 3.93. The van der Waals surface area contributed by atoms with Crippen molar-refractivity contribution in [3.63, 3.8) is 0 Å². The van der Waals surface area contributed by atoms with Crippen LogP contribution in [0.3, 0.4) is 0 Å². The van der Waals surface area contributed by atoms with Crippen molar-refractivity contribution in [1.82, 2.24) is 0 Å². The summed E-state index contributed by atoms with van der Waals surface area (Å²) < 4.78 is 16.5. The van der Waals surface area contributed by atoms with Crippen molar-refractivity contribution in [3.05, 3.63) is 0 Å². The van der Waals surface area contributed by atoms with E-state index in [0.29, 0.717) is 19.6 Å². The predicted octanol–water partition coefficient (Wildman–Crippen LogP) is 2.14. The number of unbranched alkanes of at least 4 members (excludes halogenated alkanes) is 4. The Balaban J connectivity index is 2.13. The fourth-order valence-corrected chi connectivity index (χ4v) is 2.27. The van der Waals surface area contributed by atoms with Gasteiger partial charge in [0.15, 0.2) is 0 Å². The zero-order chi connectivity index (χ0) is 13.2. The molecule has 0 aromatic carbocycles. The normalized spacial score (nSPS) is 25.5. The van der Waals surface area contributed by atoms with Crippen LogP contribution in [-0.2, 0) is 14.2 Å². The van der Waals surface area contributed by atoms with Gasteiger partial charge >= 0.3 is 0 Å². The molecule has 0 aliphatic carbocycles. The van der Waals surface area contributed by atoms with E-state index in [1.165, 1.54) is 25.7 Å². The second-order valence-corrected chi connectivity index (χ2v) is 5.04. The average molecular weight is 260 g/mol. The maximum Gasteiger partial charge on any atom is 0.107 e. The Morgan fingerprint density at radius 1 is 1.28 bits per heavy atom. The molecule has 1 saturated heterocycles. The third kappa shape index (κ3) is 6.14. The van der Waals surface area contributed by atoms with Crippen molar-refractivity contribution in [3.8, 4) is 0 Å². The molecule has 4 heteroatoms. The second-order valence-electron chi connectivity index (χ2n) is 5.04. The topological polar surface area (TPSA) is 47.9 Å². The molecular weight excluding hydrogens is 232 g/mol. The molecule has 1 fully saturated rings. The molecule has 3 atom stereocenters. The van der Waals surface area contributed by atoms with Crippen LogP contribution < -0.4 is 0 Å². The Hall–Kier alpha value is -0.160. The van der Waals surface area contributed by atoms with E-state index < -0.39 is 0 Å². The fourth-order valence-electron chi connectivity index (χ4n) is 2.27. The van der Waals surface area contributed by atoms with Gasteiger partial charge in [-0.25, -0.2) is 0 Å². The fraction of sp³-hybridized carbons (Fsp3) is 1.00. The number of hydrogen-bond donors (Lipinski definition) is 1. The molecule has 0 radical (unpaired) electrons. The molecule has 0 amide bonds. The lowest BCUT2D eigenvalue weighted by molar-refractivity contribution is -0.0796. The lowest BCUT2D eigenvalue weighted by Gasteiger charge is -2.22. The Morgan fingerprint density at radius 2 is 2.06 bits per heavy atom. The SMILES string of the molecule is CCCCCCCOC(COC)C1CC(O)CO1. The molecule has 1 aliphatic rings. The molecule has 18 heavy (non-hydrogen) atoms. The van der Waals surface area contributed by atoms with Crippen LogP contribution in [0.15, 0.2) is 0 Å². The first-order chi connectivity index (χ1) is 8.77. The molecule has 1 aliphatic heterocycles. The Kier molecular flexibility index (Phi) is 8.59. The summed E-state index contributed by atoms with van der Waals surface area (Å²) in [6, 6.07) is 0. The monoisotopic (exact) mass is 260 g/mol. The molecular formula is C14H28O4. The summed E-state index contributed by atoms with van der Waals surface area (Å²) in [7, 11) is 1.67. The molecule has 0 aromatic heterocycles. The molecule has 3 unspecified atom stereocenters. The number of ether oxygens (including phenoxy) is 3. The molecule has 4 nitrogen and oxygen atoms in total. The molecule has 0 aromatic rings. The number of methoxy groups -OCH3 is 1. The van der Waals surface area contributed by atoms with Gasteiger partial charge < -0.3 is 19.3 Å². The van der Waals surface area contributed by atoms with Crippen molar-refractivity contribution < 1.29 is 19.3 Å². The van der Waals surface area contributed by atoms with Gasteiger partial charge in [0.05, 0.1) is 25.4 Å². The van der Waals surface area contributed by atoms with Crippen LogP contribution in [0.25, 0.3) is 0 Å². The number of aliphatic hydroxyl groups excluding tert-OH is 1. The zero-order valence-electron chi connectivity index (χ0n) is 11.8. The van der Waals surface area contributed by atoms with E-state index in [1.807, 2.05) is 0 Å². The van der Waals surface area contributed by atoms with Gasteiger partial charge in [0.2, 0.25) is 0 Å². The first kappa shape index (κ1) is 15.9. The summed E-state index contributed by atoms with van der Waals surface area (Å²) in [5.74, 6) is 0. The quantitative estimate of drug-likeness (QED) is 0.611. The molecule has 0 saturated carbocycles. The first-order valence-electron chi connectivity index (χ1n) is 7.18. The van der Waals surface area contributed by atoms with Gasteiger partial charge in [0.1, 0.15) is 6.10 Å². The summed E-state index contributed by atoms with van der Waals surface area (Å²) >= 11 is 0. The van der Waals surface area contributed by atoms with Gasteiger partial charge in [-0.1, -0.05) is 32.6 Å². The minimum atomic E-state index is -0.345. The van der Waals surface area contributed by atoms with Crippen LogP contribution >= 0.6 is 0 Å². The van der Waals surface area contributed by atoms with Crippen LogP contribution in [0.1, 0.15) is 45.4 Å². The van der Waals surface area contributed by atoms with Crippen molar-refractivity contribution in [2.24, 2.45) is 0 Å². The smallest absolute Gasteiger partial charge is 0.107 e. The van der Waals surface area contributed by atoms with Gasteiger partial charge in [-0.3, -0.25) is 0 Å². The minimum Gasteiger partial charge on any atom is -0.391 e. The standard InChI is InChI=1S/C14H28O4/c1-3-4-5-6-7-8-17-14(11-16-2)13-9-12(15)10-18-13/h12-15H,3-11H2,1-2H3. The first-order valence-corrected chi connectivity index (χ1v) is 7.18. The van der Waals surface area contributed by atoms with Crippen LogP contribution in [0.2, 0.25) is 0 Å². The lowest BCUT2D eigenvalue weighted by atomic mass is 10.1. The maximum atomic E-state index is 9.46.